The van der Waals surface area contributed by atoms with Crippen molar-refractivity contribution in [3.63, 3.8) is 0 Å². The molecular formula is C18H23N3O4. The number of carbonyl (C=O) groups is 2. The van der Waals surface area contributed by atoms with Crippen molar-refractivity contribution in [1.82, 2.24) is 4.90 Å². The lowest BCUT2D eigenvalue weighted by Crippen LogP contribution is -2.39. The molecule has 0 saturated heterocycles. The molecule has 0 spiro atoms. The van der Waals surface area contributed by atoms with Gasteiger partial charge in [-0.2, -0.15) is 5.10 Å². The number of hydrazone groups is 1. The van der Waals surface area contributed by atoms with E-state index in [0.717, 1.165) is 19.3 Å². The molecule has 1 saturated carbocycles. The molecule has 1 amide bonds. The quantitative estimate of drug-likeness (QED) is 0.840. The number of carbonyl (C=O) groups excluding carboxylic acids is 1. The summed E-state index contributed by atoms with van der Waals surface area (Å²) in [5.41, 5.74) is 0.887. The first-order chi connectivity index (χ1) is 12.0. The van der Waals surface area contributed by atoms with Crippen LogP contribution in [0.3, 0.4) is 0 Å². The molecule has 1 aromatic rings. The number of hydrogen-bond donors (Lipinski definition) is 2. The second-order valence-corrected chi connectivity index (χ2v) is 6.73. The minimum Gasteiger partial charge on any atom is -0.480 e. The summed E-state index contributed by atoms with van der Waals surface area (Å²) in [4.78, 5) is 25.8. The van der Waals surface area contributed by atoms with Gasteiger partial charge >= 0.3 is 5.97 Å². The highest BCUT2D eigenvalue weighted by molar-refractivity contribution is 6.40. The predicted molar refractivity (Wildman–Crippen MR) is 93.4 cm³/mol. The number of aliphatic carboxylic acids is 1. The molecular weight excluding hydrogens is 322 g/mol. The number of benzene rings is 1. The zero-order chi connectivity index (χ0) is 18.0. The van der Waals surface area contributed by atoms with Crippen LogP contribution in [0.15, 0.2) is 35.4 Å². The largest absolute Gasteiger partial charge is 0.480 e. The number of aliphatic hydroxyl groups is 1. The second kappa shape index (κ2) is 7.23. The number of aliphatic hydroxyl groups excluding tert-OH is 1. The van der Waals surface area contributed by atoms with Gasteiger partial charge in [-0.3, -0.25) is 9.80 Å². The lowest BCUT2D eigenvalue weighted by molar-refractivity contribution is -0.138. The van der Waals surface area contributed by atoms with Crippen LogP contribution in [0.2, 0.25) is 0 Å². The zero-order valence-corrected chi connectivity index (χ0v) is 14.2. The summed E-state index contributed by atoms with van der Waals surface area (Å²) in [5.74, 6) is -1.20. The van der Waals surface area contributed by atoms with E-state index in [4.69, 9.17) is 0 Å². The van der Waals surface area contributed by atoms with Crippen LogP contribution in [0.5, 0.6) is 0 Å². The Morgan fingerprint density at radius 2 is 2.00 bits per heavy atom. The lowest BCUT2D eigenvalue weighted by atomic mass is 10.0. The first kappa shape index (κ1) is 17.4. The number of nitrogens with zero attached hydrogens (tertiary/aromatic N) is 3. The number of amides is 1. The van der Waals surface area contributed by atoms with Gasteiger partial charge in [0.1, 0.15) is 5.71 Å². The first-order valence-corrected chi connectivity index (χ1v) is 8.55. The second-order valence-electron chi connectivity index (χ2n) is 6.73. The van der Waals surface area contributed by atoms with Crippen molar-refractivity contribution in [3.8, 4) is 0 Å². The number of carboxylic acids is 1. The van der Waals surface area contributed by atoms with Gasteiger partial charge in [0.25, 0.3) is 5.91 Å². The summed E-state index contributed by atoms with van der Waals surface area (Å²) in [6, 6.07) is 8.10. The normalized spacial score (nSPS) is 25.8. The molecule has 7 nitrogen and oxygen atoms in total. The van der Waals surface area contributed by atoms with Gasteiger partial charge in [0.15, 0.2) is 6.04 Å². The lowest BCUT2D eigenvalue weighted by Gasteiger charge is -2.23. The summed E-state index contributed by atoms with van der Waals surface area (Å²) in [6.45, 7) is 0.460. The maximum Gasteiger partial charge on any atom is 0.328 e. The maximum absolute atomic E-state index is 12.7. The van der Waals surface area contributed by atoms with Gasteiger partial charge in [0, 0.05) is 25.9 Å². The number of hydrogen-bond acceptors (Lipinski definition) is 5. The monoisotopic (exact) mass is 345 g/mol. The molecule has 0 bridgehead atoms. The third kappa shape index (κ3) is 3.66. The number of rotatable bonds is 5. The summed E-state index contributed by atoms with van der Waals surface area (Å²) >= 11 is 0. The summed E-state index contributed by atoms with van der Waals surface area (Å²) in [5, 5.41) is 25.1. The highest BCUT2D eigenvalue weighted by Crippen LogP contribution is 2.28. The van der Waals surface area contributed by atoms with Crippen molar-refractivity contribution < 1.29 is 19.8 Å². The number of anilines is 1. The highest BCUT2D eigenvalue weighted by atomic mass is 16.4. The van der Waals surface area contributed by atoms with E-state index in [-0.39, 0.29) is 30.1 Å². The van der Waals surface area contributed by atoms with E-state index in [1.54, 1.807) is 36.2 Å². The van der Waals surface area contributed by atoms with Gasteiger partial charge in [-0.05, 0) is 25.0 Å². The molecule has 1 heterocycles. The van der Waals surface area contributed by atoms with Crippen LogP contribution < -0.4 is 5.01 Å². The number of carboxylic acid groups (broad SMARTS) is 1. The standard InChI is InChI=1S/C18H23N3O4/c1-20(11-12-6-5-9-16(12)22)17(23)14-10-15(18(24)25)21(19-14)13-7-3-2-4-8-13/h2-4,7-8,12,15-16,22H,5-6,9-11H2,1H3,(H,24,25). The van der Waals surface area contributed by atoms with Crippen LogP contribution in [0.25, 0.3) is 0 Å². The van der Waals surface area contributed by atoms with Crippen LogP contribution in [-0.4, -0.2) is 58.4 Å². The topological polar surface area (TPSA) is 93.4 Å². The van der Waals surface area contributed by atoms with E-state index in [0.29, 0.717) is 12.2 Å². The van der Waals surface area contributed by atoms with Crippen LogP contribution in [0.1, 0.15) is 25.7 Å². The maximum atomic E-state index is 12.7. The fourth-order valence-corrected chi connectivity index (χ4v) is 3.54. The van der Waals surface area contributed by atoms with Crippen LogP contribution >= 0.6 is 0 Å². The molecule has 2 aliphatic rings. The fourth-order valence-electron chi connectivity index (χ4n) is 3.54. The average molecular weight is 345 g/mol. The Labute approximate surface area is 146 Å². The van der Waals surface area contributed by atoms with Crippen molar-refractivity contribution >= 4 is 23.3 Å². The molecule has 3 unspecified atom stereocenters. The SMILES string of the molecule is CN(CC1CCCC1O)C(=O)C1=NN(c2ccccc2)C(C(=O)O)C1. The van der Waals surface area contributed by atoms with Crippen molar-refractivity contribution in [2.75, 3.05) is 18.6 Å². The third-order valence-corrected chi connectivity index (χ3v) is 4.94. The van der Waals surface area contributed by atoms with E-state index >= 15 is 0 Å². The Kier molecular flexibility index (Phi) is 5.03. The molecule has 1 aliphatic heterocycles. The minimum atomic E-state index is -1.01. The van der Waals surface area contributed by atoms with E-state index < -0.39 is 12.0 Å². The zero-order valence-electron chi connectivity index (χ0n) is 14.2. The molecule has 0 radical (unpaired) electrons. The molecule has 3 rings (SSSR count). The van der Waals surface area contributed by atoms with E-state index in [1.807, 2.05) is 6.07 Å². The third-order valence-electron chi connectivity index (χ3n) is 4.94. The highest BCUT2D eigenvalue weighted by Gasteiger charge is 2.37. The van der Waals surface area contributed by atoms with E-state index in [1.165, 1.54) is 5.01 Å². The Bertz CT molecular complexity index is 676. The van der Waals surface area contributed by atoms with Gasteiger partial charge in [-0.25, -0.2) is 4.79 Å². The van der Waals surface area contributed by atoms with Gasteiger partial charge in [-0.15, -0.1) is 0 Å². The predicted octanol–water partition coefficient (Wildman–Crippen LogP) is 1.33. The molecule has 1 aromatic carbocycles. The number of para-hydroxylation sites is 1. The van der Waals surface area contributed by atoms with Crippen molar-refractivity contribution in [1.29, 1.82) is 0 Å². The summed E-state index contributed by atoms with van der Waals surface area (Å²) in [7, 11) is 1.68. The molecule has 0 aromatic heterocycles. The smallest absolute Gasteiger partial charge is 0.328 e. The molecule has 7 heteroatoms. The molecule has 1 fully saturated rings. The van der Waals surface area contributed by atoms with Crippen LogP contribution in [0.4, 0.5) is 5.69 Å². The molecule has 2 N–H and O–H groups in total. The first-order valence-electron chi connectivity index (χ1n) is 8.55. The molecule has 134 valence electrons. The van der Waals surface area contributed by atoms with Gasteiger partial charge in [-0.1, -0.05) is 24.6 Å². The van der Waals surface area contributed by atoms with Crippen molar-refractivity contribution in [3.05, 3.63) is 30.3 Å². The van der Waals surface area contributed by atoms with E-state index in [9.17, 15) is 19.8 Å². The van der Waals surface area contributed by atoms with Crippen LogP contribution in [-0.2, 0) is 9.59 Å². The van der Waals surface area contributed by atoms with E-state index in [2.05, 4.69) is 5.10 Å². The Balaban J connectivity index is 1.74. The van der Waals surface area contributed by atoms with Gasteiger partial charge < -0.3 is 15.1 Å². The Morgan fingerprint density at radius 3 is 2.60 bits per heavy atom. The Hall–Kier alpha value is -2.41. The minimum absolute atomic E-state index is 0.0701. The fraction of sp³-hybridized carbons (Fsp3) is 0.500. The van der Waals surface area contributed by atoms with Gasteiger partial charge in [0.05, 0.1) is 11.8 Å². The summed E-state index contributed by atoms with van der Waals surface area (Å²) in [6.07, 6.45) is 2.35. The van der Waals surface area contributed by atoms with Crippen molar-refractivity contribution in [2.24, 2.45) is 11.0 Å². The van der Waals surface area contributed by atoms with Gasteiger partial charge in [0.2, 0.25) is 0 Å². The van der Waals surface area contributed by atoms with Crippen molar-refractivity contribution in [2.45, 2.75) is 37.8 Å². The molecule has 1 aliphatic carbocycles. The summed E-state index contributed by atoms with van der Waals surface area (Å²) < 4.78 is 0. The Morgan fingerprint density at radius 1 is 1.28 bits per heavy atom. The van der Waals surface area contributed by atoms with Crippen LogP contribution in [0, 0.1) is 5.92 Å². The molecule has 3 atom stereocenters. The average Bonchev–Trinajstić information content (AvgIpc) is 3.22. The molecule has 25 heavy (non-hydrogen) atoms.